The van der Waals surface area contributed by atoms with E-state index in [0.717, 1.165) is 47.3 Å². The summed E-state index contributed by atoms with van der Waals surface area (Å²) in [7, 11) is 0. The summed E-state index contributed by atoms with van der Waals surface area (Å²) in [5.74, 6) is 5.97. The average Bonchev–Trinajstić information content (AvgIpc) is 3.92. The van der Waals surface area contributed by atoms with Crippen LogP contribution in [-0.2, 0) is 0 Å². The molecular formula is C35H60N10O. The van der Waals surface area contributed by atoms with Gasteiger partial charge in [0.1, 0.15) is 0 Å². The first-order chi connectivity index (χ1) is 22.7. The SMILES string of the molecule is C1CCC2C3NC(NC4NC(NC5NC(NC6NC(N3)C3CCCCC63)C3CCCCC53)C3CCCCC43)C2C1.O=c1cc[nH][nH]1. The van der Waals surface area contributed by atoms with Gasteiger partial charge in [-0.2, -0.15) is 0 Å². The van der Waals surface area contributed by atoms with Gasteiger partial charge in [0.05, 0.1) is 49.3 Å². The molecule has 8 bridgehead atoms. The maximum atomic E-state index is 9.98. The highest BCUT2D eigenvalue weighted by Gasteiger charge is 2.54. The average molecular weight is 637 g/mol. The van der Waals surface area contributed by atoms with Gasteiger partial charge in [-0.25, -0.2) is 0 Å². The highest BCUT2D eigenvalue weighted by Crippen LogP contribution is 2.45. The molecule has 4 saturated carbocycles. The minimum absolute atomic E-state index is 0.0880. The molecule has 0 radical (unpaired) electrons. The number of nitrogens with one attached hydrogen (secondary N) is 10. The minimum Gasteiger partial charge on any atom is -0.305 e. The number of rotatable bonds is 0. The molecule has 6 heterocycles. The monoisotopic (exact) mass is 636 g/mol. The lowest BCUT2D eigenvalue weighted by Crippen LogP contribution is -2.61. The van der Waals surface area contributed by atoms with Gasteiger partial charge in [-0.15, -0.1) is 0 Å². The Bertz CT molecular complexity index is 999. The van der Waals surface area contributed by atoms with Gasteiger partial charge in [-0.05, 0) is 98.7 Å². The third-order valence-corrected chi connectivity index (χ3v) is 14.3. The predicted octanol–water partition coefficient (Wildman–Crippen LogP) is 2.31. The topological polar surface area (TPSA) is 145 Å². The maximum absolute atomic E-state index is 9.98. The second-order valence-electron chi connectivity index (χ2n) is 16.6. The fourth-order valence-electron chi connectivity index (χ4n) is 12.2. The van der Waals surface area contributed by atoms with Gasteiger partial charge >= 0.3 is 0 Å². The van der Waals surface area contributed by atoms with Crippen molar-refractivity contribution in [3.8, 4) is 0 Å². The lowest BCUT2D eigenvalue weighted by atomic mass is 9.76. The Morgan fingerprint density at radius 2 is 0.587 bits per heavy atom. The molecule has 5 aliphatic heterocycles. The van der Waals surface area contributed by atoms with E-state index in [1.165, 1.54) is 109 Å². The minimum atomic E-state index is -0.0880. The van der Waals surface area contributed by atoms with Crippen molar-refractivity contribution in [2.24, 2.45) is 47.3 Å². The summed E-state index contributed by atoms with van der Waals surface area (Å²) in [5, 5.41) is 38.6. The quantitative estimate of drug-likeness (QED) is 0.208. The molecular weight excluding hydrogens is 576 g/mol. The number of fused-ring (bicyclic) bond motifs is 20. The molecule has 8 unspecified atom stereocenters. The Kier molecular flexibility index (Phi) is 8.81. The van der Waals surface area contributed by atoms with Crippen molar-refractivity contribution in [2.75, 3.05) is 0 Å². The molecule has 10 N–H and O–H groups in total. The van der Waals surface area contributed by atoms with Crippen LogP contribution in [-0.4, -0.2) is 59.5 Å². The fraction of sp³-hybridized carbons (Fsp3) is 0.914. The van der Waals surface area contributed by atoms with Crippen LogP contribution in [0.1, 0.15) is 103 Å². The first-order valence-corrected chi connectivity index (χ1v) is 19.5. The highest BCUT2D eigenvalue weighted by atomic mass is 16.1. The molecule has 0 amide bonds. The van der Waals surface area contributed by atoms with Crippen molar-refractivity contribution in [1.82, 2.24) is 52.7 Å². The van der Waals surface area contributed by atoms with Crippen LogP contribution in [0.25, 0.3) is 0 Å². The zero-order valence-corrected chi connectivity index (χ0v) is 27.6. The van der Waals surface area contributed by atoms with Crippen LogP contribution >= 0.6 is 0 Å². The van der Waals surface area contributed by atoms with E-state index in [2.05, 4.69) is 52.7 Å². The Balaban J connectivity index is 0.000000440. The molecule has 10 rings (SSSR count). The summed E-state index contributed by atoms with van der Waals surface area (Å²) >= 11 is 0. The third-order valence-electron chi connectivity index (χ3n) is 14.3. The molecule has 1 aromatic rings. The maximum Gasteiger partial charge on any atom is 0.263 e. The zero-order chi connectivity index (χ0) is 30.6. The van der Waals surface area contributed by atoms with Crippen molar-refractivity contribution >= 4 is 0 Å². The van der Waals surface area contributed by atoms with Crippen LogP contribution in [0.4, 0.5) is 0 Å². The number of aromatic amines is 2. The molecule has 1 aromatic heterocycles. The Labute approximate surface area is 274 Å². The molecule has 8 atom stereocenters. The molecule has 4 aliphatic carbocycles. The van der Waals surface area contributed by atoms with Gasteiger partial charge < -0.3 is 5.10 Å². The van der Waals surface area contributed by atoms with E-state index >= 15 is 0 Å². The normalized spacial score (nSPS) is 51.2. The van der Waals surface area contributed by atoms with Crippen molar-refractivity contribution in [3.63, 3.8) is 0 Å². The van der Waals surface area contributed by atoms with Crippen molar-refractivity contribution in [2.45, 2.75) is 152 Å². The molecule has 5 saturated heterocycles. The highest BCUT2D eigenvalue weighted by molar-refractivity contribution is 5.08. The van der Waals surface area contributed by atoms with E-state index in [1.807, 2.05) is 0 Å². The van der Waals surface area contributed by atoms with Gasteiger partial charge in [0.2, 0.25) is 0 Å². The lowest BCUT2D eigenvalue weighted by molar-refractivity contribution is 0.167. The zero-order valence-electron chi connectivity index (χ0n) is 27.6. The molecule has 256 valence electrons. The van der Waals surface area contributed by atoms with E-state index in [4.69, 9.17) is 0 Å². The van der Waals surface area contributed by atoms with Gasteiger partial charge in [0.15, 0.2) is 0 Å². The Morgan fingerprint density at radius 1 is 0.370 bits per heavy atom. The van der Waals surface area contributed by atoms with E-state index in [-0.39, 0.29) is 5.56 Å². The summed E-state index contributed by atoms with van der Waals surface area (Å²) in [5.41, 5.74) is -0.0880. The first-order valence-electron chi connectivity index (χ1n) is 19.5. The summed E-state index contributed by atoms with van der Waals surface area (Å²) < 4.78 is 0. The van der Waals surface area contributed by atoms with Gasteiger partial charge in [0, 0.05) is 12.3 Å². The van der Waals surface area contributed by atoms with Gasteiger partial charge in [0.25, 0.3) is 5.56 Å². The smallest absolute Gasteiger partial charge is 0.263 e. The van der Waals surface area contributed by atoms with Gasteiger partial charge in [-0.3, -0.25) is 52.4 Å². The largest absolute Gasteiger partial charge is 0.305 e. The molecule has 9 fully saturated rings. The number of H-pyrrole nitrogens is 2. The number of hydrogen-bond donors (Lipinski definition) is 10. The second-order valence-corrected chi connectivity index (χ2v) is 16.6. The van der Waals surface area contributed by atoms with Crippen molar-refractivity contribution in [1.29, 1.82) is 0 Å². The van der Waals surface area contributed by atoms with Crippen LogP contribution < -0.4 is 48.1 Å². The van der Waals surface area contributed by atoms with Crippen LogP contribution in [0.2, 0.25) is 0 Å². The summed E-state index contributed by atoms with van der Waals surface area (Å²) in [4.78, 5) is 9.98. The van der Waals surface area contributed by atoms with E-state index in [1.54, 1.807) is 6.20 Å². The summed E-state index contributed by atoms with van der Waals surface area (Å²) in [6, 6.07) is 1.42. The predicted molar refractivity (Wildman–Crippen MR) is 179 cm³/mol. The van der Waals surface area contributed by atoms with Crippen molar-refractivity contribution < 1.29 is 0 Å². The Morgan fingerprint density at radius 3 is 0.717 bits per heavy atom. The van der Waals surface area contributed by atoms with E-state index in [0.29, 0.717) is 49.3 Å². The van der Waals surface area contributed by atoms with Crippen LogP contribution in [0, 0.1) is 47.3 Å². The number of aromatic nitrogens is 2. The molecule has 11 heteroatoms. The van der Waals surface area contributed by atoms with Crippen LogP contribution in [0.5, 0.6) is 0 Å². The summed E-state index contributed by atoms with van der Waals surface area (Å²) in [6.45, 7) is 0. The first kappa shape index (κ1) is 30.7. The molecule has 9 aliphatic rings. The van der Waals surface area contributed by atoms with Crippen LogP contribution in [0.3, 0.4) is 0 Å². The van der Waals surface area contributed by atoms with Crippen LogP contribution in [0.15, 0.2) is 17.1 Å². The second kappa shape index (κ2) is 13.2. The van der Waals surface area contributed by atoms with E-state index in [9.17, 15) is 4.79 Å². The molecule has 0 aromatic carbocycles. The van der Waals surface area contributed by atoms with E-state index < -0.39 is 0 Å². The fourth-order valence-corrected chi connectivity index (χ4v) is 12.2. The molecule has 46 heavy (non-hydrogen) atoms. The summed E-state index contributed by atoms with van der Waals surface area (Å²) in [6.07, 6.45) is 27.1. The number of hydrogen-bond acceptors (Lipinski definition) is 9. The molecule has 0 spiro atoms. The third kappa shape index (κ3) is 5.74. The lowest BCUT2D eigenvalue weighted by Gasteiger charge is -2.35. The molecule has 11 nitrogen and oxygen atoms in total. The Hall–Kier alpha value is -1.31. The van der Waals surface area contributed by atoms with Gasteiger partial charge in [-0.1, -0.05) is 51.4 Å². The standard InChI is InChI=1S/C32H56N8.C3H4N2O/c1-2-10-18-17(9-1)25-33-26(18)38-28-21-13-5-6-14-22(21)30(35-28)40-32-24-16-8-7-15-23(24)31(36-32)39-29-20-12-4-3-11-19(20)27(34-29)37-25;6-3-1-2-4-5-3/h17-40H,1-16H2;1-2H,(H2,4,5,6). The van der Waals surface area contributed by atoms with Crippen molar-refractivity contribution in [3.05, 3.63) is 22.6 Å².